The molecule has 364 valence electrons. The van der Waals surface area contributed by atoms with Crippen LogP contribution in [0, 0.1) is 11.8 Å². The number of benzene rings is 1. The van der Waals surface area contributed by atoms with Crippen molar-refractivity contribution in [1.29, 1.82) is 0 Å². The summed E-state index contributed by atoms with van der Waals surface area (Å²) in [4.78, 5) is 120. The summed E-state index contributed by atoms with van der Waals surface area (Å²) in [5, 5.41) is 54.5. The molecule has 0 unspecified atom stereocenters. The Morgan fingerprint density at radius 1 is 0.909 bits per heavy atom. The fourth-order valence-electron chi connectivity index (χ4n) is 7.01. The number of carbonyl (C=O) groups is 9. The highest BCUT2D eigenvalue weighted by Crippen LogP contribution is 2.25. The molecular formula is C41H62N12O13. The molecular weight excluding hydrogens is 869 g/mol. The maximum Gasteiger partial charge on any atom is 0.336 e. The molecule has 0 spiro atoms. The zero-order valence-electron chi connectivity index (χ0n) is 38.1. The molecule has 8 atom stereocenters. The summed E-state index contributed by atoms with van der Waals surface area (Å²) in [6, 6.07) is -0.0524. The number of aliphatic carboxylic acids is 2. The second kappa shape index (κ2) is 25.7. The van der Waals surface area contributed by atoms with Gasteiger partial charge in [-0.25, -0.2) is 14.9 Å². The number of nitrogens with one attached hydrogen (secondary N) is 6. The largest absolute Gasteiger partial charge is 0.481 e. The quantitative estimate of drug-likeness (QED) is 0.0494. The number of hydrogen-bond donors (Lipinski definition) is 9. The van der Waals surface area contributed by atoms with Gasteiger partial charge >= 0.3 is 18.0 Å². The van der Waals surface area contributed by atoms with Crippen LogP contribution in [0.5, 0.6) is 0 Å². The normalized spacial score (nSPS) is 17.3. The van der Waals surface area contributed by atoms with Gasteiger partial charge in [-0.15, -0.1) is 10.2 Å². The van der Waals surface area contributed by atoms with Gasteiger partial charge in [-0.3, -0.25) is 49.0 Å². The van der Waals surface area contributed by atoms with Gasteiger partial charge in [0.15, 0.2) is 5.82 Å². The first kappa shape index (κ1) is 53.6. The Balaban J connectivity index is 1.93. The van der Waals surface area contributed by atoms with E-state index in [4.69, 9.17) is 4.74 Å². The standard InChI is InChI=1S/C41H62N12O13/c1-8-17-52(41(64)42-24(6)35-46-49-50-47-35)48-37(60)30-18-27(66-21-26-13-11-10-12-14-26)20-51(30)40(63)33(22(3)4)45-38(61)34(23(5)9-2)53(65)39(62)28(15-16-31(55)56)44-36(59)29(19-32(57)58)43-25(7)54/h10-14,22-24,27-30,33-34,65H,8-9,15-21H2,1-7H3,(H,42,64)(H,43,54)(H,44,59)(H,45,61)(H,48,60)(H,55,56)(H,57,58)(H,46,47,49,50)/t23-,24-,27+,28+,29-,30-,33-,34-/m0/s1. The number of urea groups is 1. The predicted octanol–water partition coefficient (Wildman–Crippen LogP) is 0.00210. The number of carboxylic acid groups (broad SMARTS) is 2. The Labute approximate surface area is 381 Å². The van der Waals surface area contributed by atoms with E-state index in [0.29, 0.717) is 6.42 Å². The van der Waals surface area contributed by atoms with Crippen molar-refractivity contribution in [2.45, 2.75) is 136 Å². The molecule has 0 aliphatic carbocycles. The third-order valence-corrected chi connectivity index (χ3v) is 10.7. The van der Waals surface area contributed by atoms with Crippen molar-refractivity contribution in [3.63, 3.8) is 0 Å². The van der Waals surface area contributed by atoms with Crippen LogP contribution in [0.3, 0.4) is 0 Å². The van der Waals surface area contributed by atoms with Crippen LogP contribution in [-0.2, 0) is 49.7 Å². The summed E-state index contributed by atoms with van der Waals surface area (Å²) >= 11 is 0. The van der Waals surface area contributed by atoms with Crippen molar-refractivity contribution in [2.24, 2.45) is 11.8 Å². The minimum Gasteiger partial charge on any atom is -0.481 e. The van der Waals surface area contributed by atoms with E-state index < -0.39 is 127 Å². The van der Waals surface area contributed by atoms with E-state index in [1.807, 2.05) is 30.3 Å². The van der Waals surface area contributed by atoms with Crippen molar-refractivity contribution in [3.8, 4) is 0 Å². The maximum atomic E-state index is 14.7. The maximum absolute atomic E-state index is 14.7. The van der Waals surface area contributed by atoms with Crippen LogP contribution in [0.25, 0.3) is 0 Å². The number of nitrogens with zero attached hydrogens (tertiary/aromatic N) is 6. The molecule has 1 aliphatic heterocycles. The number of rotatable bonds is 24. The van der Waals surface area contributed by atoms with E-state index in [1.165, 1.54) is 11.8 Å². The van der Waals surface area contributed by atoms with Gasteiger partial charge in [0.25, 0.3) is 11.8 Å². The van der Waals surface area contributed by atoms with Crippen LogP contribution in [-0.4, -0.2) is 154 Å². The molecule has 66 heavy (non-hydrogen) atoms. The van der Waals surface area contributed by atoms with Gasteiger partial charge in [0, 0.05) is 32.9 Å². The van der Waals surface area contributed by atoms with E-state index >= 15 is 0 Å². The highest BCUT2D eigenvalue weighted by Gasteiger charge is 2.45. The van der Waals surface area contributed by atoms with E-state index in [0.717, 1.165) is 17.5 Å². The monoisotopic (exact) mass is 930 g/mol. The predicted molar refractivity (Wildman–Crippen MR) is 229 cm³/mol. The fraction of sp³-hybridized carbons (Fsp3) is 0.610. The number of tetrazole rings is 1. The summed E-state index contributed by atoms with van der Waals surface area (Å²) in [5.74, 6) is -9.92. The lowest BCUT2D eigenvalue weighted by Crippen LogP contribution is -2.62. The second-order valence-corrected chi connectivity index (χ2v) is 16.3. The van der Waals surface area contributed by atoms with Crippen molar-refractivity contribution in [2.75, 3.05) is 13.1 Å². The van der Waals surface area contributed by atoms with Gasteiger partial charge in [0.1, 0.15) is 30.2 Å². The molecule has 1 fully saturated rings. The molecule has 2 aromatic rings. The first-order chi connectivity index (χ1) is 31.2. The van der Waals surface area contributed by atoms with Gasteiger partial charge in [0.2, 0.25) is 23.6 Å². The number of aromatic amines is 1. The number of hydrazine groups is 1. The number of H-pyrrole nitrogens is 1. The van der Waals surface area contributed by atoms with Gasteiger partial charge < -0.3 is 41.1 Å². The second-order valence-electron chi connectivity index (χ2n) is 16.3. The molecule has 0 radical (unpaired) electrons. The molecule has 1 aromatic carbocycles. The third kappa shape index (κ3) is 15.7. The first-order valence-corrected chi connectivity index (χ1v) is 21.6. The number of aromatic nitrogens is 4. The van der Waals surface area contributed by atoms with Crippen molar-refractivity contribution < 1.29 is 63.3 Å². The summed E-state index contributed by atoms with van der Waals surface area (Å²) < 4.78 is 6.17. The van der Waals surface area contributed by atoms with E-state index in [1.54, 1.807) is 34.6 Å². The van der Waals surface area contributed by atoms with E-state index in [2.05, 4.69) is 47.3 Å². The molecule has 1 aliphatic rings. The molecule has 3 rings (SSSR count). The molecule has 25 heteroatoms. The van der Waals surface area contributed by atoms with Crippen molar-refractivity contribution >= 4 is 53.4 Å². The highest BCUT2D eigenvalue weighted by atomic mass is 16.5. The molecule has 2 heterocycles. The lowest BCUT2D eigenvalue weighted by molar-refractivity contribution is -0.187. The SMILES string of the molecule is CCCN(NC(=O)[C@@H]1C[C@@H](OCc2ccccc2)CN1C(=O)[C@@H](NC(=O)[C@H]([C@@H](C)CC)N(O)C(=O)[C@@H](CCC(=O)O)NC(=O)[C@H](CC(=O)O)NC(C)=O)C(C)C)C(=O)N[C@@H](C)c1nn[nH]n1. The zero-order chi connectivity index (χ0) is 49.2. The Hall–Kier alpha value is -6.76. The highest BCUT2D eigenvalue weighted by molar-refractivity contribution is 5.97. The number of likely N-dealkylation sites (tertiary alicyclic amines) is 1. The van der Waals surface area contributed by atoms with Crippen LogP contribution in [0.4, 0.5) is 4.79 Å². The smallest absolute Gasteiger partial charge is 0.336 e. The summed E-state index contributed by atoms with van der Waals surface area (Å²) in [5.41, 5.74) is 3.45. The Kier molecular flexibility index (Phi) is 20.8. The Bertz CT molecular complexity index is 1970. The molecule has 8 amide bonds. The van der Waals surface area contributed by atoms with Crippen LogP contribution in [0.2, 0.25) is 0 Å². The van der Waals surface area contributed by atoms with Gasteiger partial charge in [-0.1, -0.05) is 76.6 Å². The minimum atomic E-state index is -1.82. The van der Waals surface area contributed by atoms with Crippen LogP contribution in [0.1, 0.15) is 104 Å². The van der Waals surface area contributed by atoms with E-state index in [9.17, 15) is 58.6 Å². The van der Waals surface area contributed by atoms with Gasteiger partial charge in [0.05, 0.1) is 25.2 Å². The summed E-state index contributed by atoms with van der Waals surface area (Å²) in [7, 11) is 0. The molecule has 0 saturated carbocycles. The van der Waals surface area contributed by atoms with Crippen molar-refractivity contribution in [1.82, 2.24) is 62.3 Å². The first-order valence-electron chi connectivity index (χ1n) is 21.6. The van der Waals surface area contributed by atoms with Crippen LogP contribution >= 0.6 is 0 Å². The molecule has 1 aromatic heterocycles. The molecule has 9 N–H and O–H groups in total. The van der Waals surface area contributed by atoms with Crippen molar-refractivity contribution in [3.05, 3.63) is 41.7 Å². The number of hydrogen-bond acceptors (Lipinski definition) is 14. The third-order valence-electron chi connectivity index (χ3n) is 10.7. The molecule has 1 saturated heterocycles. The van der Waals surface area contributed by atoms with Gasteiger partial charge in [-0.05, 0) is 37.2 Å². The number of carbonyl (C=O) groups excluding carboxylic acids is 7. The summed E-state index contributed by atoms with van der Waals surface area (Å²) in [6.07, 6.45) is -2.29. The van der Waals surface area contributed by atoms with Crippen LogP contribution < -0.4 is 26.7 Å². The molecule has 25 nitrogen and oxygen atoms in total. The van der Waals surface area contributed by atoms with Gasteiger partial charge in [-0.2, -0.15) is 5.21 Å². The average molecular weight is 931 g/mol. The summed E-state index contributed by atoms with van der Waals surface area (Å²) in [6.45, 7) is 10.9. The number of amides is 8. The number of ether oxygens (including phenoxy) is 1. The fourth-order valence-corrected chi connectivity index (χ4v) is 7.01. The Morgan fingerprint density at radius 3 is 2.15 bits per heavy atom. The Morgan fingerprint density at radius 2 is 1.59 bits per heavy atom. The lowest BCUT2D eigenvalue weighted by atomic mass is 9.95. The van der Waals surface area contributed by atoms with E-state index in [-0.39, 0.29) is 43.4 Å². The zero-order valence-corrected chi connectivity index (χ0v) is 38.1. The number of carboxylic acids is 2. The average Bonchev–Trinajstić information content (AvgIpc) is 3.97. The lowest BCUT2D eigenvalue weighted by Gasteiger charge is -2.35. The number of hydroxylamine groups is 2. The minimum absolute atomic E-state index is 0.00284. The topological polar surface area (TPSA) is 348 Å². The molecule has 0 bridgehead atoms. The van der Waals surface area contributed by atoms with Crippen LogP contribution in [0.15, 0.2) is 30.3 Å².